The summed E-state index contributed by atoms with van der Waals surface area (Å²) in [6, 6.07) is 14.4. The van der Waals surface area contributed by atoms with Gasteiger partial charge in [-0.15, -0.1) is 13.2 Å². The lowest BCUT2D eigenvalue weighted by Gasteiger charge is -2.16. The number of nitrogens with one attached hydrogen (secondary N) is 1. The maximum absolute atomic E-state index is 12.4. The molecule has 0 fully saturated rings. The van der Waals surface area contributed by atoms with Crippen molar-refractivity contribution in [1.82, 2.24) is 0 Å². The van der Waals surface area contributed by atoms with Crippen molar-refractivity contribution in [3.8, 4) is 5.75 Å². The van der Waals surface area contributed by atoms with Gasteiger partial charge in [0, 0.05) is 11.8 Å². The molecule has 0 aliphatic heterocycles. The largest absolute Gasteiger partial charge is 0.573 e. The Labute approximate surface area is 132 Å². The predicted molar refractivity (Wildman–Crippen MR) is 81.2 cm³/mol. The van der Waals surface area contributed by atoms with E-state index in [0.717, 1.165) is 11.6 Å². The first-order chi connectivity index (χ1) is 10.9. The van der Waals surface area contributed by atoms with Crippen LogP contribution < -0.4 is 10.1 Å². The average molecular weight is 323 g/mol. The Hall–Kier alpha value is -2.50. The zero-order valence-electron chi connectivity index (χ0n) is 12.4. The van der Waals surface area contributed by atoms with Crippen molar-refractivity contribution in [1.29, 1.82) is 0 Å². The lowest BCUT2D eigenvalue weighted by atomic mass is 9.95. The van der Waals surface area contributed by atoms with E-state index in [-0.39, 0.29) is 23.3 Å². The molecule has 1 N–H and O–H groups in total. The summed E-state index contributed by atoms with van der Waals surface area (Å²) >= 11 is 0. The fourth-order valence-electron chi connectivity index (χ4n) is 2.26. The highest BCUT2D eigenvalue weighted by Crippen LogP contribution is 2.26. The van der Waals surface area contributed by atoms with Crippen LogP contribution in [0.2, 0.25) is 0 Å². The molecular formula is C17H16F3NO2. The number of benzene rings is 2. The lowest BCUT2D eigenvalue weighted by Crippen LogP contribution is -2.21. The highest BCUT2D eigenvalue weighted by molar-refractivity contribution is 5.95. The summed E-state index contributed by atoms with van der Waals surface area (Å²) in [6.07, 6.45) is -4.19. The van der Waals surface area contributed by atoms with Gasteiger partial charge in [0.05, 0.1) is 5.92 Å². The van der Waals surface area contributed by atoms with Crippen LogP contribution in [0.4, 0.5) is 18.9 Å². The zero-order valence-corrected chi connectivity index (χ0v) is 12.4. The summed E-state index contributed by atoms with van der Waals surface area (Å²) in [5.41, 5.74) is 1.11. The first-order valence-corrected chi connectivity index (χ1v) is 7.10. The Morgan fingerprint density at radius 1 is 1.13 bits per heavy atom. The third-order valence-electron chi connectivity index (χ3n) is 3.26. The molecule has 1 atom stereocenters. The molecule has 2 aromatic carbocycles. The van der Waals surface area contributed by atoms with Gasteiger partial charge in [0.2, 0.25) is 5.91 Å². The number of carbonyl (C=O) groups excluding carboxylic acids is 1. The minimum atomic E-state index is -4.77. The number of carbonyl (C=O) groups is 1. The summed E-state index contributed by atoms with van der Waals surface area (Å²) in [4.78, 5) is 12.4. The van der Waals surface area contributed by atoms with Crippen LogP contribution in [0.5, 0.6) is 5.75 Å². The second-order valence-corrected chi connectivity index (χ2v) is 4.94. The molecule has 0 aromatic heterocycles. The fourth-order valence-corrected chi connectivity index (χ4v) is 2.26. The predicted octanol–water partition coefficient (Wildman–Crippen LogP) is 4.72. The molecule has 2 aromatic rings. The van der Waals surface area contributed by atoms with E-state index >= 15 is 0 Å². The second-order valence-electron chi connectivity index (χ2n) is 4.94. The molecule has 0 aliphatic carbocycles. The van der Waals surface area contributed by atoms with Gasteiger partial charge in [-0.05, 0) is 24.1 Å². The van der Waals surface area contributed by atoms with Crippen molar-refractivity contribution in [3.05, 3.63) is 60.2 Å². The van der Waals surface area contributed by atoms with Crippen LogP contribution in [-0.2, 0) is 4.79 Å². The highest BCUT2D eigenvalue weighted by atomic mass is 19.4. The van der Waals surface area contributed by atoms with Crippen LogP contribution >= 0.6 is 0 Å². The quantitative estimate of drug-likeness (QED) is 0.865. The monoisotopic (exact) mass is 323 g/mol. The molecule has 1 amide bonds. The van der Waals surface area contributed by atoms with Crippen molar-refractivity contribution >= 4 is 11.6 Å². The summed E-state index contributed by atoms with van der Waals surface area (Å²) in [7, 11) is 0. The minimum Gasteiger partial charge on any atom is -0.406 e. The molecule has 2 rings (SSSR count). The van der Waals surface area contributed by atoms with Crippen molar-refractivity contribution < 1.29 is 22.7 Å². The lowest BCUT2D eigenvalue weighted by molar-refractivity contribution is -0.274. The summed E-state index contributed by atoms with van der Waals surface area (Å²) < 4.78 is 40.5. The summed E-state index contributed by atoms with van der Waals surface area (Å²) in [5.74, 6) is -1.02. The van der Waals surface area contributed by atoms with E-state index < -0.39 is 6.36 Å². The SMILES string of the molecule is CC[C@H](C(=O)Nc1cccc(OC(F)(F)F)c1)c1ccccc1. The molecule has 3 nitrogen and oxygen atoms in total. The van der Waals surface area contributed by atoms with E-state index in [2.05, 4.69) is 10.1 Å². The van der Waals surface area contributed by atoms with Crippen LogP contribution in [0.1, 0.15) is 24.8 Å². The van der Waals surface area contributed by atoms with Gasteiger partial charge < -0.3 is 10.1 Å². The van der Waals surface area contributed by atoms with Crippen molar-refractivity contribution in [2.45, 2.75) is 25.6 Å². The third kappa shape index (κ3) is 5.02. The molecule has 0 radical (unpaired) electrons. The number of halogens is 3. The number of hydrogen-bond acceptors (Lipinski definition) is 2. The van der Waals surface area contributed by atoms with Crippen molar-refractivity contribution in [3.63, 3.8) is 0 Å². The Morgan fingerprint density at radius 3 is 2.43 bits per heavy atom. The number of alkyl halides is 3. The van der Waals surface area contributed by atoms with Crippen LogP contribution in [0, 0.1) is 0 Å². The molecule has 0 saturated heterocycles. The van der Waals surface area contributed by atoms with Crippen molar-refractivity contribution in [2.75, 3.05) is 5.32 Å². The van der Waals surface area contributed by atoms with E-state index in [1.54, 1.807) is 0 Å². The van der Waals surface area contributed by atoms with Crippen molar-refractivity contribution in [2.24, 2.45) is 0 Å². The van der Waals surface area contributed by atoms with Crippen LogP contribution in [-0.4, -0.2) is 12.3 Å². The van der Waals surface area contributed by atoms with E-state index in [4.69, 9.17) is 0 Å². The smallest absolute Gasteiger partial charge is 0.406 e. The Balaban J connectivity index is 2.12. The van der Waals surface area contributed by atoms with E-state index in [0.29, 0.717) is 6.42 Å². The average Bonchev–Trinajstić information content (AvgIpc) is 2.47. The maximum Gasteiger partial charge on any atom is 0.573 e. The Bertz CT molecular complexity index is 656. The number of ether oxygens (including phenoxy) is 1. The van der Waals surface area contributed by atoms with Gasteiger partial charge in [-0.25, -0.2) is 0 Å². The molecule has 0 bridgehead atoms. The highest BCUT2D eigenvalue weighted by Gasteiger charge is 2.31. The van der Waals surface area contributed by atoms with Crippen LogP contribution in [0.15, 0.2) is 54.6 Å². The fraction of sp³-hybridized carbons (Fsp3) is 0.235. The van der Waals surface area contributed by atoms with E-state index in [1.165, 1.54) is 18.2 Å². The van der Waals surface area contributed by atoms with Gasteiger partial charge >= 0.3 is 6.36 Å². The van der Waals surface area contributed by atoms with E-state index in [1.807, 2.05) is 37.3 Å². The van der Waals surface area contributed by atoms with Gasteiger partial charge in [0.15, 0.2) is 0 Å². The van der Waals surface area contributed by atoms with Gasteiger partial charge in [-0.2, -0.15) is 0 Å². The first kappa shape index (κ1) is 16.9. The topological polar surface area (TPSA) is 38.3 Å². The molecule has 0 unspecified atom stereocenters. The molecular weight excluding hydrogens is 307 g/mol. The molecule has 23 heavy (non-hydrogen) atoms. The van der Waals surface area contributed by atoms with Gasteiger partial charge in [-0.1, -0.05) is 43.3 Å². The maximum atomic E-state index is 12.4. The molecule has 122 valence electrons. The van der Waals surface area contributed by atoms with Gasteiger partial charge in [-0.3, -0.25) is 4.79 Å². The summed E-state index contributed by atoms with van der Waals surface area (Å²) in [5, 5.41) is 2.63. The molecule has 0 spiro atoms. The molecule has 0 saturated carbocycles. The standard InChI is InChI=1S/C17H16F3NO2/c1-2-15(12-7-4-3-5-8-12)16(22)21-13-9-6-10-14(11-13)23-17(18,19)20/h3-11,15H,2H2,1H3,(H,21,22)/t15-/m0/s1. The first-order valence-electron chi connectivity index (χ1n) is 7.10. The second kappa shape index (κ2) is 7.17. The third-order valence-corrected chi connectivity index (χ3v) is 3.26. The number of amides is 1. The molecule has 6 heteroatoms. The number of hydrogen-bond donors (Lipinski definition) is 1. The Kier molecular flexibility index (Phi) is 5.26. The van der Waals surface area contributed by atoms with Gasteiger partial charge in [0.25, 0.3) is 0 Å². The summed E-state index contributed by atoms with van der Waals surface area (Å²) in [6.45, 7) is 1.88. The van der Waals surface area contributed by atoms with Crippen LogP contribution in [0.25, 0.3) is 0 Å². The Morgan fingerprint density at radius 2 is 1.83 bits per heavy atom. The number of rotatable bonds is 5. The zero-order chi connectivity index (χ0) is 16.9. The minimum absolute atomic E-state index is 0.256. The molecule has 0 heterocycles. The van der Waals surface area contributed by atoms with E-state index in [9.17, 15) is 18.0 Å². The number of anilines is 1. The van der Waals surface area contributed by atoms with Gasteiger partial charge in [0.1, 0.15) is 5.75 Å². The van der Waals surface area contributed by atoms with Crippen LogP contribution in [0.3, 0.4) is 0 Å². The molecule has 0 aliphatic rings. The normalized spacial score (nSPS) is 12.5.